The van der Waals surface area contributed by atoms with Crippen molar-refractivity contribution in [3.05, 3.63) is 47.3 Å². The zero-order valence-corrected chi connectivity index (χ0v) is 16.9. The van der Waals surface area contributed by atoms with Crippen LogP contribution in [-0.2, 0) is 11.2 Å². The van der Waals surface area contributed by atoms with E-state index in [-0.39, 0.29) is 11.1 Å². The molecular weight excluding hydrogens is 382 g/mol. The topological polar surface area (TPSA) is 49.3 Å². The van der Waals surface area contributed by atoms with Crippen molar-refractivity contribution >= 4 is 23.4 Å². The van der Waals surface area contributed by atoms with Crippen molar-refractivity contribution in [1.29, 1.82) is 0 Å². The van der Waals surface area contributed by atoms with Crippen LogP contribution in [0.15, 0.2) is 35.5 Å². The number of para-hydroxylation sites is 1. The molecule has 2 aromatic rings. The molecule has 1 saturated heterocycles. The minimum atomic E-state index is -2.54. The molecule has 0 bridgehead atoms. The van der Waals surface area contributed by atoms with Gasteiger partial charge in [0, 0.05) is 49.7 Å². The van der Waals surface area contributed by atoms with E-state index in [1.54, 1.807) is 13.8 Å². The van der Waals surface area contributed by atoms with Crippen molar-refractivity contribution in [2.24, 2.45) is 0 Å². The SMILES string of the molecule is Cc1nc(SC(F)F)nc(C)c1CCC(=O)N1CCN(c2ccccc2)CC1. The van der Waals surface area contributed by atoms with Gasteiger partial charge in [-0.05, 0) is 49.7 Å². The van der Waals surface area contributed by atoms with Gasteiger partial charge in [0.1, 0.15) is 0 Å². The highest BCUT2D eigenvalue weighted by molar-refractivity contribution is 7.99. The first-order valence-corrected chi connectivity index (χ1v) is 10.2. The molecule has 1 aromatic carbocycles. The van der Waals surface area contributed by atoms with Gasteiger partial charge in [0.15, 0.2) is 5.16 Å². The number of carbonyl (C=O) groups excluding carboxylic acids is 1. The van der Waals surface area contributed by atoms with Crippen molar-refractivity contribution in [3.8, 4) is 0 Å². The summed E-state index contributed by atoms with van der Waals surface area (Å²) in [5, 5.41) is 0.0807. The van der Waals surface area contributed by atoms with E-state index in [4.69, 9.17) is 0 Å². The van der Waals surface area contributed by atoms with Crippen LogP contribution in [0.5, 0.6) is 0 Å². The predicted molar refractivity (Wildman–Crippen MR) is 107 cm³/mol. The number of aryl methyl sites for hydroxylation is 2. The van der Waals surface area contributed by atoms with Crippen LogP contribution in [0.25, 0.3) is 0 Å². The Balaban J connectivity index is 1.53. The zero-order chi connectivity index (χ0) is 20.1. The lowest BCUT2D eigenvalue weighted by Gasteiger charge is -2.36. The molecule has 0 radical (unpaired) electrons. The standard InChI is InChI=1S/C20H24F2N4OS/c1-14-17(15(2)24-20(23-14)28-19(21)22)8-9-18(27)26-12-10-25(11-13-26)16-6-4-3-5-7-16/h3-7,19H,8-13H2,1-2H3. The molecule has 0 N–H and O–H groups in total. The third-order valence-electron chi connectivity index (χ3n) is 4.94. The maximum absolute atomic E-state index is 12.6. The number of hydrogen-bond acceptors (Lipinski definition) is 5. The van der Waals surface area contributed by atoms with E-state index in [1.807, 2.05) is 23.1 Å². The minimum absolute atomic E-state index is 0.0807. The quantitative estimate of drug-likeness (QED) is 0.541. The highest BCUT2D eigenvalue weighted by Crippen LogP contribution is 2.24. The molecule has 28 heavy (non-hydrogen) atoms. The number of benzene rings is 1. The number of halogens is 2. The Morgan fingerprint density at radius 3 is 2.25 bits per heavy atom. The van der Waals surface area contributed by atoms with Crippen LogP contribution in [0.3, 0.4) is 0 Å². The number of amides is 1. The van der Waals surface area contributed by atoms with Gasteiger partial charge in [0.2, 0.25) is 5.91 Å². The van der Waals surface area contributed by atoms with Gasteiger partial charge in [-0.15, -0.1) is 0 Å². The molecule has 1 aliphatic heterocycles. The number of piperazine rings is 1. The van der Waals surface area contributed by atoms with Crippen LogP contribution in [0.1, 0.15) is 23.4 Å². The summed E-state index contributed by atoms with van der Waals surface area (Å²) in [6, 6.07) is 10.2. The summed E-state index contributed by atoms with van der Waals surface area (Å²) in [5.74, 6) is -2.43. The van der Waals surface area contributed by atoms with E-state index in [0.29, 0.717) is 49.1 Å². The lowest BCUT2D eigenvalue weighted by molar-refractivity contribution is -0.131. The first kappa shape index (κ1) is 20.5. The zero-order valence-electron chi connectivity index (χ0n) is 16.1. The highest BCUT2D eigenvalue weighted by atomic mass is 32.2. The molecule has 0 unspecified atom stereocenters. The van der Waals surface area contributed by atoms with Crippen LogP contribution in [0.4, 0.5) is 14.5 Å². The van der Waals surface area contributed by atoms with E-state index >= 15 is 0 Å². The number of aromatic nitrogens is 2. The van der Waals surface area contributed by atoms with Crippen molar-refractivity contribution in [2.45, 2.75) is 37.6 Å². The second kappa shape index (κ2) is 9.32. The molecule has 8 heteroatoms. The Morgan fingerprint density at radius 2 is 1.68 bits per heavy atom. The van der Waals surface area contributed by atoms with Gasteiger partial charge in [-0.1, -0.05) is 18.2 Å². The van der Waals surface area contributed by atoms with E-state index in [2.05, 4.69) is 27.0 Å². The van der Waals surface area contributed by atoms with Gasteiger partial charge in [0.05, 0.1) is 0 Å². The van der Waals surface area contributed by atoms with Crippen LogP contribution < -0.4 is 4.90 Å². The molecule has 0 aliphatic carbocycles. The van der Waals surface area contributed by atoms with E-state index in [0.717, 1.165) is 18.7 Å². The summed E-state index contributed by atoms with van der Waals surface area (Å²) in [6.45, 7) is 6.59. The predicted octanol–water partition coefficient (Wildman–Crippen LogP) is 3.69. The van der Waals surface area contributed by atoms with Gasteiger partial charge in [-0.3, -0.25) is 4.79 Å². The number of anilines is 1. The molecule has 1 aliphatic rings. The number of rotatable bonds is 6. The van der Waals surface area contributed by atoms with Crippen LogP contribution in [0.2, 0.25) is 0 Å². The molecule has 0 spiro atoms. The van der Waals surface area contributed by atoms with Crippen LogP contribution in [-0.4, -0.2) is 52.7 Å². The summed E-state index contributed by atoms with van der Waals surface area (Å²) >= 11 is 0.346. The third kappa shape index (κ3) is 5.19. The Kier molecular flexibility index (Phi) is 6.83. The van der Waals surface area contributed by atoms with Gasteiger partial charge in [-0.2, -0.15) is 8.78 Å². The van der Waals surface area contributed by atoms with E-state index < -0.39 is 5.76 Å². The van der Waals surface area contributed by atoms with Gasteiger partial charge in [-0.25, -0.2) is 9.97 Å². The first-order valence-electron chi connectivity index (χ1n) is 9.30. The maximum atomic E-state index is 12.6. The normalized spacial score (nSPS) is 14.6. The number of alkyl halides is 2. The molecule has 2 heterocycles. The molecule has 0 saturated carbocycles. The van der Waals surface area contributed by atoms with Crippen molar-refractivity contribution in [2.75, 3.05) is 31.1 Å². The lowest BCUT2D eigenvalue weighted by atomic mass is 10.1. The second-order valence-corrected chi connectivity index (χ2v) is 7.69. The fourth-order valence-electron chi connectivity index (χ4n) is 3.45. The fraction of sp³-hybridized carbons (Fsp3) is 0.450. The van der Waals surface area contributed by atoms with Crippen molar-refractivity contribution in [1.82, 2.24) is 14.9 Å². The summed E-state index contributed by atoms with van der Waals surface area (Å²) in [6.07, 6.45) is 0.896. The number of thioether (sulfide) groups is 1. The fourth-order valence-corrected chi connectivity index (χ4v) is 3.98. The molecule has 1 fully saturated rings. The summed E-state index contributed by atoms with van der Waals surface area (Å²) in [5.41, 5.74) is 3.38. The van der Waals surface area contributed by atoms with Gasteiger partial charge >= 0.3 is 0 Å². The Morgan fingerprint density at radius 1 is 1.07 bits per heavy atom. The number of carbonyl (C=O) groups is 1. The Labute approximate surface area is 168 Å². The van der Waals surface area contributed by atoms with E-state index in [1.165, 1.54) is 5.69 Å². The van der Waals surface area contributed by atoms with E-state index in [9.17, 15) is 13.6 Å². The number of hydrogen-bond donors (Lipinski definition) is 0. The molecule has 5 nitrogen and oxygen atoms in total. The average Bonchev–Trinajstić information content (AvgIpc) is 2.67. The van der Waals surface area contributed by atoms with Crippen LogP contribution in [0, 0.1) is 13.8 Å². The smallest absolute Gasteiger partial charge is 0.291 e. The number of nitrogens with zero attached hydrogens (tertiary/aromatic N) is 4. The molecule has 0 atom stereocenters. The summed E-state index contributed by atoms with van der Waals surface area (Å²) < 4.78 is 25.0. The molecular formula is C20H24F2N4OS. The molecule has 3 rings (SSSR count). The first-order chi connectivity index (χ1) is 13.4. The monoisotopic (exact) mass is 406 g/mol. The molecule has 150 valence electrons. The Hall–Kier alpha value is -2.22. The maximum Gasteiger partial charge on any atom is 0.291 e. The van der Waals surface area contributed by atoms with Gasteiger partial charge < -0.3 is 9.80 Å². The molecule has 1 aromatic heterocycles. The van der Waals surface area contributed by atoms with Crippen LogP contribution >= 0.6 is 11.8 Å². The van der Waals surface area contributed by atoms with Crippen molar-refractivity contribution in [3.63, 3.8) is 0 Å². The summed E-state index contributed by atoms with van der Waals surface area (Å²) in [7, 11) is 0. The second-order valence-electron chi connectivity index (χ2n) is 6.74. The lowest BCUT2D eigenvalue weighted by Crippen LogP contribution is -2.48. The van der Waals surface area contributed by atoms with Gasteiger partial charge in [0.25, 0.3) is 5.76 Å². The molecule has 1 amide bonds. The minimum Gasteiger partial charge on any atom is -0.368 e. The van der Waals surface area contributed by atoms with Crippen molar-refractivity contribution < 1.29 is 13.6 Å². The third-order valence-corrected chi connectivity index (χ3v) is 5.51. The Bertz CT molecular complexity index is 788. The highest BCUT2D eigenvalue weighted by Gasteiger charge is 2.22. The summed E-state index contributed by atoms with van der Waals surface area (Å²) in [4.78, 5) is 25.1. The average molecular weight is 407 g/mol. The largest absolute Gasteiger partial charge is 0.368 e.